The van der Waals surface area contributed by atoms with E-state index in [-0.39, 0.29) is 19.1 Å². The number of unbranched alkanes of at least 4 members (excludes halogenated alkanes) is 16. The number of carbonyl (C=O) groups is 3. The Balaban J connectivity index is 4.95. The van der Waals surface area contributed by atoms with E-state index in [4.69, 9.17) is 0 Å². The number of rotatable bonds is 27. The zero-order valence-corrected chi connectivity index (χ0v) is 24.0. The number of aliphatic hydroxyl groups is 5. The molecule has 8 heteroatoms. The van der Waals surface area contributed by atoms with E-state index >= 15 is 0 Å². The average molecular weight is 545 g/mol. The lowest BCUT2D eigenvalue weighted by molar-refractivity contribution is -0.185. The van der Waals surface area contributed by atoms with Crippen LogP contribution in [-0.4, -0.2) is 73.4 Å². The third-order valence-corrected chi connectivity index (χ3v) is 7.46. The second-order valence-corrected chi connectivity index (χ2v) is 10.8. The first-order valence-electron chi connectivity index (χ1n) is 15.1. The fourth-order valence-corrected chi connectivity index (χ4v) is 4.78. The van der Waals surface area contributed by atoms with Crippen LogP contribution in [0.15, 0.2) is 0 Å². The van der Waals surface area contributed by atoms with Crippen molar-refractivity contribution in [1.82, 2.24) is 0 Å². The van der Waals surface area contributed by atoms with E-state index in [0.717, 1.165) is 51.4 Å². The van der Waals surface area contributed by atoms with Crippen molar-refractivity contribution in [2.24, 2.45) is 0 Å². The van der Waals surface area contributed by atoms with Crippen molar-refractivity contribution in [1.29, 1.82) is 0 Å². The number of hydrogen-bond acceptors (Lipinski definition) is 8. The lowest BCUT2D eigenvalue weighted by Crippen LogP contribution is -2.63. The lowest BCUT2D eigenvalue weighted by Gasteiger charge is -2.35. The van der Waals surface area contributed by atoms with Gasteiger partial charge in [-0.05, 0) is 12.8 Å². The first-order valence-corrected chi connectivity index (χ1v) is 15.1. The summed E-state index contributed by atoms with van der Waals surface area (Å²) in [6, 6.07) is 0. The minimum Gasteiger partial charge on any atom is -0.387 e. The molecule has 5 N–H and O–H groups in total. The Bertz CT molecular complexity index is 589. The molecule has 0 aromatic carbocycles. The maximum Gasteiger partial charge on any atom is 0.209 e. The van der Waals surface area contributed by atoms with Crippen LogP contribution < -0.4 is 0 Å². The highest BCUT2D eigenvalue weighted by Crippen LogP contribution is 2.25. The molecule has 0 bridgehead atoms. The summed E-state index contributed by atoms with van der Waals surface area (Å²) in [5.74, 6) is -1.83. The van der Waals surface area contributed by atoms with Gasteiger partial charge in [-0.25, -0.2) is 0 Å². The molecule has 0 saturated carbocycles. The summed E-state index contributed by atoms with van der Waals surface area (Å²) in [5, 5.41) is 51.6. The molecule has 0 radical (unpaired) electrons. The molecule has 0 aromatic rings. The molecule has 0 heterocycles. The number of aliphatic hydroxyl groups excluding tert-OH is 4. The quantitative estimate of drug-likeness (QED) is 0.0582. The van der Waals surface area contributed by atoms with Gasteiger partial charge in [0.25, 0.3) is 0 Å². The molecule has 0 aliphatic carbocycles. The molecule has 4 atom stereocenters. The van der Waals surface area contributed by atoms with Crippen molar-refractivity contribution in [2.45, 2.75) is 172 Å². The number of hydrogen-bond donors (Lipinski definition) is 5. The summed E-state index contributed by atoms with van der Waals surface area (Å²) in [7, 11) is 0. The minimum absolute atomic E-state index is 0.0339. The van der Waals surface area contributed by atoms with Crippen molar-refractivity contribution in [3.63, 3.8) is 0 Å². The number of aldehydes is 1. The maximum atomic E-state index is 13.0. The molecule has 0 fully saturated rings. The first-order chi connectivity index (χ1) is 18.2. The van der Waals surface area contributed by atoms with E-state index in [2.05, 4.69) is 13.8 Å². The van der Waals surface area contributed by atoms with E-state index in [1.165, 1.54) is 51.4 Å². The van der Waals surface area contributed by atoms with Crippen molar-refractivity contribution >= 4 is 17.9 Å². The van der Waals surface area contributed by atoms with Gasteiger partial charge in [-0.2, -0.15) is 0 Å². The summed E-state index contributed by atoms with van der Waals surface area (Å²) in [5.41, 5.74) is -2.91. The van der Waals surface area contributed by atoms with Crippen LogP contribution in [-0.2, 0) is 14.4 Å². The third kappa shape index (κ3) is 14.3. The Kier molecular flexibility index (Phi) is 21.9. The Morgan fingerprint density at radius 2 is 0.895 bits per heavy atom. The molecule has 0 aromatic heterocycles. The Morgan fingerprint density at radius 1 is 0.579 bits per heavy atom. The smallest absolute Gasteiger partial charge is 0.209 e. The van der Waals surface area contributed by atoms with Crippen LogP contribution in [0.3, 0.4) is 0 Å². The molecular formula is C30H56O8. The van der Waals surface area contributed by atoms with Crippen LogP contribution in [0.2, 0.25) is 0 Å². The summed E-state index contributed by atoms with van der Waals surface area (Å²) < 4.78 is 0. The molecular weight excluding hydrogens is 488 g/mol. The molecule has 224 valence electrons. The highest BCUT2D eigenvalue weighted by Gasteiger charge is 2.53. The molecule has 0 aliphatic heterocycles. The molecule has 8 nitrogen and oxygen atoms in total. The molecule has 0 unspecified atom stereocenters. The summed E-state index contributed by atoms with van der Waals surface area (Å²) in [4.78, 5) is 36.8. The predicted molar refractivity (Wildman–Crippen MR) is 149 cm³/mol. The van der Waals surface area contributed by atoms with Gasteiger partial charge >= 0.3 is 0 Å². The van der Waals surface area contributed by atoms with E-state index in [9.17, 15) is 39.9 Å². The van der Waals surface area contributed by atoms with Crippen molar-refractivity contribution in [3.8, 4) is 0 Å². The van der Waals surface area contributed by atoms with Gasteiger partial charge < -0.3 is 30.3 Å². The second-order valence-electron chi connectivity index (χ2n) is 10.8. The first kappa shape index (κ1) is 36.8. The van der Waals surface area contributed by atoms with Crippen LogP contribution in [0.1, 0.15) is 142 Å². The number of carbonyl (C=O) groups excluding carboxylic acids is 3. The fourth-order valence-electron chi connectivity index (χ4n) is 4.78. The zero-order chi connectivity index (χ0) is 28.8. The average Bonchev–Trinajstić information content (AvgIpc) is 2.92. The summed E-state index contributed by atoms with van der Waals surface area (Å²) in [6.45, 7) is 4.33. The molecule has 0 saturated heterocycles. The van der Waals surface area contributed by atoms with Crippen molar-refractivity contribution < 1.29 is 39.9 Å². The normalized spacial score (nSPS) is 15.1. The Labute approximate surface area is 230 Å². The van der Waals surface area contributed by atoms with Gasteiger partial charge in [0.1, 0.15) is 24.4 Å². The predicted octanol–water partition coefficient (Wildman–Crippen LogP) is 4.34. The molecule has 0 spiro atoms. The van der Waals surface area contributed by atoms with Gasteiger partial charge in [-0.15, -0.1) is 0 Å². The van der Waals surface area contributed by atoms with Crippen LogP contribution in [0.5, 0.6) is 0 Å². The lowest BCUT2D eigenvalue weighted by atomic mass is 9.79. The van der Waals surface area contributed by atoms with E-state index in [0.29, 0.717) is 12.8 Å². The number of Topliss-reactive ketones (excluding diaryl/α,β-unsaturated/α-hetero) is 2. The van der Waals surface area contributed by atoms with Crippen LogP contribution >= 0.6 is 0 Å². The monoisotopic (exact) mass is 544 g/mol. The second kappa shape index (κ2) is 22.6. The van der Waals surface area contributed by atoms with E-state index < -0.39 is 41.6 Å². The topological polar surface area (TPSA) is 152 Å². The van der Waals surface area contributed by atoms with Gasteiger partial charge in [0, 0.05) is 12.8 Å². The van der Waals surface area contributed by atoms with Crippen LogP contribution in [0, 0.1) is 0 Å². The SMILES string of the molecule is CCCCCCCCCCCC(=O)C(O)(C(=O)CCCCCCCCCCC)[C@@H](O)[C@H](O)[C@H](O)[C@@H](O)C=O. The number of ketones is 2. The molecule has 0 rings (SSSR count). The largest absolute Gasteiger partial charge is 0.387 e. The highest BCUT2D eigenvalue weighted by molar-refractivity contribution is 6.10. The van der Waals surface area contributed by atoms with E-state index in [1.807, 2.05) is 0 Å². The summed E-state index contributed by atoms with van der Waals surface area (Å²) >= 11 is 0. The third-order valence-electron chi connectivity index (χ3n) is 7.46. The van der Waals surface area contributed by atoms with Crippen molar-refractivity contribution in [3.05, 3.63) is 0 Å². The summed E-state index contributed by atoms with van der Waals surface area (Å²) in [6.07, 6.45) is 8.89. The van der Waals surface area contributed by atoms with Crippen LogP contribution in [0.25, 0.3) is 0 Å². The fraction of sp³-hybridized carbons (Fsp3) is 0.900. The van der Waals surface area contributed by atoms with Gasteiger partial charge in [0.15, 0.2) is 17.9 Å². The van der Waals surface area contributed by atoms with Gasteiger partial charge in [-0.3, -0.25) is 9.59 Å². The Hall–Kier alpha value is -1.19. The highest BCUT2D eigenvalue weighted by atomic mass is 16.4. The van der Waals surface area contributed by atoms with Gasteiger partial charge in [-0.1, -0.05) is 117 Å². The van der Waals surface area contributed by atoms with Gasteiger partial charge in [0.05, 0.1) is 0 Å². The maximum absolute atomic E-state index is 13.0. The Morgan fingerprint density at radius 3 is 1.21 bits per heavy atom. The van der Waals surface area contributed by atoms with E-state index in [1.54, 1.807) is 0 Å². The van der Waals surface area contributed by atoms with Crippen LogP contribution in [0.4, 0.5) is 0 Å². The molecule has 38 heavy (non-hydrogen) atoms. The van der Waals surface area contributed by atoms with Crippen molar-refractivity contribution in [2.75, 3.05) is 0 Å². The minimum atomic E-state index is -2.91. The van der Waals surface area contributed by atoms with Gasteiger partial charge in [0.2, 0.25) is 5.60 Å². The standard InChI is InChI=1S/C30H56O8/c1-3-5-7-9-11-13-15-17-19-21-25(33)30(38,29(37)28(36)27(35)24(32)23-31)26(34)22-20-18-16-14-12-10-8-6-4-2/h23-24,27-29,32,35-38H,3-22H2,1-2H3/t24-,27+,28+,29-/m0/s1. The zero-order valence-electron chi connectivity index (χ0n) is 24.0. The molecule has 0 amide bonds. The molecule has 0 aliphatic rings.